The minimum absolute atomic E-state index is 0.0134. The van der Waals surface area contributed by atoms with E-state index in [4.69, 9.17) is 9.05 Å². The second-order valence-corrected chi connectivity index (χ2v) is 26.3. The number of phosphoric ester groups is 1. The van der Waals surface area contributed by atoms with Crippen molar-refractivity contribution in [3.63, 3.8) is 0 Å². The first-order chi connectivity index (χ1) is 39.0. The largest absolute Gasteiger partial charge is 0.756 e. The molecule has 3 unspecified atom stereocenters. The van der Waals surface area contributed by atoms with Crippen molar-refractivity contribution in [1.82, 2.24) is 5.32 Å². The van der Waals surface area contributed by atoms with Crippen LogP contribution in [0.1, 0.15) is 335 Å². The molecule has 9 heteroatoms. The molecule has 0 aliphatic heterocycles. The normalized spacial score (nSPS) is 14.0. The molecule has 0 bridgehead atoms. The number of carbonyl (C=O) groups excluding carboxylic acids is 1. The van der Waals surface area contributed by atoms with E-state index in [1.54, 1.807) is 0 Å². The van der Waals surface area contributed by atoms with Crippen LogP contribution in [-0.2, 0) is 18.4 Å². The Morgan fingerprint density at radius 2 is 0.762 bits per heavy atom. The van der Waals surface area contributed by atoms with Gasteiger partial charge in [-0.25, -0.2) is 0 Å². The van der Waals surface area contributed by atoms with Crippen LogP contribution in [0.4, 0.5) is 0 Å². The molecule has 0 saturated carbocycles. The summed E-state index contributed by atoms with van der Waals surface area (Å²) in [6.07, 6.45) is 84.4. The van der Waals surface area contributed by atoms with Crippen molar-refractivity contribution in [3.8, 4) is 0 Å². The molecule has 0 aliphatic rings. The molecule has 0 aliphatic carbocycles. The molecule has 0 aromatic carbocycles. The number of carbonyl (C=O) groups is 1. The number of nitrogens with one attached hydrogen (secondary N) is 1. The summed E-state index contributed by atoms with van der Waals surface area (Å²) in [5.74, 6) is -0.159. The zero-order valence-electron chi connectivity index (χ0n) is 53.8. The minimum Gasteiger partial charge on any atom is -0.756 e. The number of rotatable bonds is 64. The lowest BCUT2D eigenvalue weighted by Gasteiger charge is -2.30. The molecule has 8 nitrogen and oxygen atoms in total. The number of aliphatic hydroxyl groups excluding tert-OH is 1. The van der Waals surface area contributed by atoms with Gasteiger partial charge in [0.1, 0.15) is 13.2 Å². The Labute approximate surface area is 498 Å². The lowest BCUT2D eigenvalue weighted by atomic mass is 10.0. The van der Waals surface area contributed by atoms with Gasteiger partial charge in [0.25, 0.3) is 7.82 Å². The molecule has 3 atom stereocenters. The molecule has 0 aromatic heterocycles. The van der Waals surface area contributed by atoms with Crippen LogP contribution < -0.4 is 10.2 Å². The topological polar surface area (TPSA) is 108 Å². The zero-order valence-corrected chi connectivity index (χ0v) is 54.7. The highest BCUT2D eigenvalue weighted by Gasteiger charge is 2.24. The van der Waals surface area contributed by atoms with Crippen LogP contribution >= 0.6 is 7.82 Å². The lowest BCUT2D eigenvalue weighted by Crippen LogP contribution is -2.46. The first-order valence-corrected chi connectivity index (χ1v) is 36.1. The number of nitrogens with zero attached hydrogens (tertiary/aromatic N) is 1. The summed E-state index contributed by atoms with van der Waals surface area (Å²) in [7, 11) is 1.32. The molecule has 0 rings (SSSR count). The fourth-order valence-electron chi connectivity index (χ4n) is 10.4. The summed E-state index contributed by atoms with van der Waals surface area (Å²) in [5.41, 5.74) is 0. The maximum atomic E-state index is 13.1. The van der Waals surface area contributed by atoms with E-state index >= 15 is 0 Å². The Hall–Kier alpha value is -1.80. The number of allylic oxidation sites excluding steroid dienone is 10. The van der Waals surface area contributed by atoms with Crippen LogP contribution in [0.2, 0.25) is 0 Å². The Kier molecular flexibility index (Phi) is 60.4. The second kappa shape index (κ2) is 61.8. The van der Waals surface area contributed by atoms with Crippen LogP contribution in [0.3, 0.4) is 0 Å². The van der Waals surface area contributed by atoms with Gasteiger partial charge >= 0.3 is 0 Å². The first-order valence-electron chi connectivity index (χ1n) is 34.6. The van der Waals surface area contributed by atoms with E-state index in [-0.39, 0.29) is 19.1 Å². The third-order valence-corrected chi connectivity index (χ3v) is 16.7. The third kappa shape index (κ3) is 63.8. The van der Waals surface area contributed by atoms with E-state index < -0.39 is 20.0 Å². The minimum atomic E-state index is -4.58. The number of phosphoric acid groups is 1. The molecule has 470 valence electrons. The number of amides is 1. The standard InChI is InChI=1S/C71H135N2O6P/c1-6-8-10-12-14-16-18-20-22-24-26-28-29-30-31-32-33-34-35-36-37-38-39-40-41-42-43-45-47-49-51-53-55-57-59-61-63-65-71(75)72-69(68-79-80(76,77)78-67-66-73(3,4)5)70(74)64-62-60-58-56-54-52-50-48-46-44-27-25-23-21-19-17-15-13-11-9-7-2/h8,10,14,16,20,22,26,28,30-31,69-70,74H,6-7,9,11-13,15,17-19,21,23-25,27,29,32-68H2,1-5H3,(H-,72,75,76,77)/b10-8-,16-14-,22-20-,28-26-,31-30-. The van der Waals surface area contributed by atoms with E-state index in [0.717, 1.165) is 70.6 Å². The summed E-state index contributed by atoms with van der Waals surface area (Å²) in [6.45, 7) is 4.65. The van der Waals surface area contributed by atoms with Crippen molar-refractivity contribution < 1.29 is 32.9 Å². The average Bonchev–Trinajstić information content (AvgIpc) is 3.42. The van der Waals surface area contributed by atoms with Crippen molar-refractivity contribution >= 4 is 13.7 Å². The van der Waals surface area contributed by atoms with Gasteiger partial charge in [-0.15, -0.1) is 0 Å². The lowest BCUT2D eigenvalue weighted by molar-refractivity contribution is -0.870. The molecule has 0 saturated heterocycles. The monoisotopic (exact) mass is 1140 g/mol. The fraction of sp³-hybridized carbons (Fsp3) is 0.845. The fourth-order valence-corrected chi connectivity index (χ4v) is 11.1. The number of quaternary nitrogens is 1. The SMILES string of the molecule is CC/C=C\C/C=C\C/C=C\C/C=C\C/C=C\CCCCCCCCCCCCCCCCCCCCCCCC(=O)NC(COP(=O)([O-])OCC[N+](C)(C)C)C(O)CCCCCCCCCCCCCCCCCCCCCCC. The van der Waals surface area contributed by atoms with Gasteiger partial charge in [0.15, 0.2) is 0 Å². The predicted octanol–water partition coefficient (Wildman–Crippen LogP) is 21.4. The van der Waals surface area contributed by atoms with Gasteiger partial charge in [-0.3, -0.25) is 9.36 Å². The molecule has 0 spiro atoms. The molecular weight excluding hydrogens is 1010 g/mol. The molecule has 0 radical (unpaired) electrons. The van der Waals surface area contributed by atoms with Crippen LogP contribution in [-0.4, -0.2) is 68.5 Å². The maximum absolute atomic E-state index is 13.1. The molecule has 80 heavy (non-hydrogen) atoms. The zero-order chi connectivity index (χ0) is 58.4. The van der Waals surface area contributed by atoms with Gasteiger partial charge < -0.3 is 28.8 Å². The van der Waals surface area contributed by atoms with Gasteiger partial charge in [-0.05, 0) is 57.8 Å². The molecule has 0 fully saturated rings. The van der Waals surface area contributed by atoms with E-state index in [1.807, 2.05) is 21.1 Å². The average molecular weight is 1140 g/mol. The molecule has 1 amide bonds. The van der Waals surface area contributed by atoms with Crippen LogP contribution in [0, 0.1) is 0 Å². The van der Waals surface area contributed by atoms with Crippen LogP contribution in [0.5, 0.6) is 0 Å². The first kappa shape index (κ1) is 78.2. The van der Waals surface area contributed by atoms with E-state index in [2.05, 4.69) is 79.9 Å². The molecule has 0 heterocycles. The van der Waals surface area contributed by atoms with Crippen molar-refractivity contribution in [2.45, 2.75) is 347 Å². The van der Waals surface area contributed by atoms with Crippen molar-refractivity contribution in [2.75, 3.05) is 40.9 Å². The Balaban J connectivity index is 3.96. The number of hydrogen-bond acceptors (Lipinski definition) is 6. The van der Waals surface area contributed by atoms with Crippen LogP contribution in [0.15, 0.2) is 60.8 Å². The second-order valence-electron chi connectivity index (χ2n) is 24.9. The van der Waals surface area contributed by atoms with Gasteiger partial charge in [-0.1, -0.05) is 331 Å². The van der Waals surface area contributed by atoms with E-state index in [9.17, 15) is 19.4 Å². The highest BCUT2D eigenvalue weighted by Crippen LogP contribution is 2.38. The number of unbranched alkanes of at least 4 members (excludes halogenated alkanes) is 41. The number of hydrogen-bond donors (Lipinski definition) is 2. The van der Waals surface area contributed by atoms with Gasteiger partial charge in [0, 0.05) is 6.42 Å². The molecule has 2 N–H and O–H groups in total. The maximum Gasteiger partial charge on any atom is 0.268 e. The quantitative estimate of drug-likeness (QED) is 0.0272. The third-order valence-electron chi connectivity index (χ3n) is 15.8. The Morgan fingerprint density at radius 1 is 0.450 bits per heavy atom. The smallest absolute Gasteiger partial charge is 0.268 e. The van der Waals surface area contributed by atoms with Gasteiger partial charge in [0.2, 0.25) is 5.91 Å². The Morgan fingerprint density at radius 3 is 1.11 bits per heavy atom. The summed E-state index contributed by atoms with van der Waals surface area (Å²) >= 11 is 0. The molecular formula is C71H135N2O6P. The summed E-state index contributed by atoms with van der Waals surface area (Å²) < 4.78 is 23.5. The summed E-state index contributed by atoms with van der Waals surface area (Å²) in [4.78, 5) is 25.6. The van der Waals surface area contributed by atoms with Crippen molar-refractivity contribution in [3.05, 3.63) is 60.8 Å². The number of likely N-dealkylation sites (N-methyl/N-ethyl adjacent to an activating group) is 1. The van der Waals surface area contributed by atoms with E-state index in [1.165, 1.54) is 238 Å². The van der Waals surface area contributed by atoms with Gasteiger partial charge in [0.05, 0.1) is 39.9 Å². The van der Waals surface area contributed by atoms with Crippen molar-refractivity contribution in [1.29, 1.82) is 0 Å². The highest BCUT2D eigenvalue weighted by molar-refractivity contribution is 7.45. The number of aliphatic hydroxyl groups is 1. The Bertz CT molecular complexity index is 1490. The summed E-state index contributed by atoms with van der Waals surface area (Å²) in [6, 6.07) is -0.801. The van der Waals surface area contributed by atoms with Gasteiger partial charge in [-0.2, -0.15) is 0 Å². The molecule has 0 aromatic rings. The predicted molar refractivity (Wildman–Crippen MR) is 348 cm³/mol. The summed E-state index contributed by atoms with van der Waals surface area (Å²) in [5, 5.41) is 14.1. The highest BCUT2D eigenvalue weighted by atomic mass is 31.2. The van der Waals surface area contributed by atoms with Crippen LogP contribution in [0.25, 0.3) is 0 Å². The van der Waals surface area contributed by atoms with E-state index in [0.29, 0.717) is 23.9 Å². The van der Waals surface area contributed by atoms with Crippen molar-refractivity contribution in [2.24, 2.45) is 0 Å².